The van der Waals surface area contributed by atoms with Crippen molar-refractivity contribution in [3.8, 4) is 5.75 Å². The maximum atomic E-state index is 12.3. The molecule has 1 saturated heterocycles. The quantitative estimate of drug-likeness (QED) is 0.821. The van der Waals surface area contributed by atoms with Gasteiger partial charge in [0.1, 0.15) is 5.75 Å². The normalized spacial score (nSPS) is 27.4. The molecule has 4 nitrogen and oxygen atoms in total. The van der Waals surface area contributed by atoms with Crippen LogP contribution in [0.2, 0.25) is 0 Å². The van der Waals surface area contributed by atoms with Gasteiger partial charge in [-0.2, -0.15) is 13.2 Å². The Morgan fingerprint density at radius 1 is 1.28 bits per heavy atom. The maximum absolute atomic E-state index is 12.3. The number of nitrogens with one attached hydrogen (secondary N) is 2. The van der Waals surface area contributed by atoms with E-state index in [-0.39, 0.29) is 5.75 Å². The van der Waals surface area contributed by atoms with Gasteiger partial charge in [0.2, 0.25) is 0 Å². The maximum Gasteiger partial charge on any atom is 0.422 e. The van der Waals surface area contributed by atoms with Gasteiger partial charge < -0.3 is 20.1 Å². The van der Waals surface area contributed by atoms with E-state index in [0.29, 0.717) is 24.5 Å². The van der Waals surface area contributed by atoms with Crippen LogP contribution in [0.1, 0.15) is 24.8 Å². The van der Waals surface area contributed by atoms with Crippen molar-refractivity contribution in [1.82, 2.24) is 10.6 Å². The van der Waals surface area contributed by atoms with Crippen LogP contribution in [0.15, 0.2) is 24.3 Å². The second-order valence-corrected chi connectivity index (χ2v) is 6.77. The van der Waals surface area contributed by atoms with Crippen molar-refractivity contribution in [2.75, 3.05) is 26.4 Å². The van der Waals surface area contributed by atoms with Crippen LogP contribution in [0.25, 0.3) is 0 Å². The molecule has 3 atom stereocenters. The Bertz CT molecular complexity index is 547. The van der Waals surface area contributed by atoms with Crippen molar-refractivity contribution in [1.29, 1.82) is 0 Å². The van der Waals surface area contributed by atoms with Gasteiger partial charge in [0.05, 0.1) is 13.2 Å². The summed E-state index contributed by atoms with van der Waals surface area (Å²) in [5.74, 6) is 0.784. The summed E-state index contributed by atoms with van der Waals surface area (Å²) in [5.41, 5.74) is 0.929. The number of alkyl halides is 3. The first-order valence-corrected chi connectivity index (χ1v) is 8.84. The monoisotopic (exact) mass is 358 g/mol. The van der Waals surface area contributed by atoms with E-state index in [1.807, 2.05) is 6.07 Å². The molecule has 0 aromatic heterocycles. The van der Waals surface area contributed by atoms with E-state index in [1.54, 1.807) is 18.2 Å². The molecular weight excluding hydrogens is 333 g/mol. The number of ether oxygens (including phenoxy) is 2. The molecule has 3 rings (SSSR count). The molecule has 140 valence electrons. The molecule has 0 spiro atoms. The summed E-state index contributed by atoms with van der Waals surface area (Å²) in [5, 5.41) is 7.11. The first kappa shape index (κ1) is 18.5. The van der Waals surface area contributed by atoms with E-state index < -0.39 is 12.8 Å². The van der Waals surface area contributed by atoms with Gasteiger partial charge in [0.15, 0.2) is 6.61 Å². The molecule has 2 fully saturated rings. The van der Waals surface area contributed by atoms with E-state index in [0.717, 1.165) is 31.7 Å². The minimum atomic E-state index is -4.32. The predicted octanol–water partition coefficient (Wildman–Crippen LogP) is 2.87. The fourth-order valence-corrected chi connectivity index (χ4v) is 3.74. The second kappa shape index (κ2) is 8.38. The largest absolute Gasteiger partial charge is 0.484 e. The topological polar surface area (TPSA) is 42.5 Å². The molecule has 1 saturated carbocycles. The summed E-state index contributed by atoms with van der Waals surface area (Å²) in [6, 6.07) is 7.64. The molecular formula is C18H25F3N2O2. The molecule has 1 aliphatic heterocycles. The number of benzene rings is 1. The average Bonchev–Trinajstić information content (AvgIpc) is 3.07. The highest BCUT2D eigenvalue weighted by atomic mass is 19.4. The molecule has 1 heterocycles. The van der Waals surface area contributed by atoms with E-state index in [1.165, 1.54) is 12.8 Å². The van der Waals surface area contributed by atoms with Crippen LogP contribution < -0.4 is 15.4 Å². The molecule has 1 aromatic carbocycles. The van der Waals surface area contributed by atoms with Crippen molar-refractivity contribution >= 4 is 0 Å². The van der Waals surface area contributed by atoms with Gasteiger partial charge in [-0.15, -0.1) is 0 Å². The predicted molar refractivity (Wildman–Crippen MR) is 88.6 cm³/mol. The molecule has 3 unspecified atom stereocenters. The first-order chi connectivity index (χ1) is 12.0. The van der Waals surface area contributed by atoms with Gasteiger partial charge in [0.25, 0.3) is 0 Å². The van der Waals surface area contributed by atoms with Gasteiger partial charge in [0, 0.05) is 25.2 Å². The lowest BCUT2D eigenvalue weighted by Crippen LogP contribution is -2.50. The fraction of sp³-hybridized carbons (Fsp3) is 0.667. The van der Waals surface area contributed by atoms with Crippen molar-refractivity contribution in [2.45, 2.75) is 44.1 Å². The zero-order valence-corrected chi connectivity index (χ0v) is 14.1. The summed E-state index contributed by atoms with van der Waals surface area (Å²) in [7, 11) is 0. The minimum absolute atomic E-state index is 0.252. The van der Waals surface area contributed by atoms with Crippen LogP contribution in [-0.2, 0) is 11.3 Å². The Balaban J connectivity index is 1.52. The van der Waals surface area contributed by atoms with Crippen LogP contribution >= 0.6 is 0 Å². The molecule has 2 aliphatic rings. The van der Waals surface area contributed by atoms with Crippen LogP contribution in [0.5, 0.6) is 5.75 Å². The molecule has 0 amide bonds. The number of rotatable bonds is 6. The van der Waals surface area contributed by atoms with Crippen LogP contribution in [0.4, 0.5) is 13.2 Å². The average molecular weight is 358 g/mol. The van der Waals surface area contributed by atoms with E-state index in [9.17, 15) is 13.2 Å². The Morgan fingerprint density at radius 3 is 2.92 bits per heavy atom. The van der Waals surface area contributed by atoms with Gasteiger partial charge >= 0.3 is 6.18 Å². The minimum Gasteiger partial charge on any atom is -0.484 e. The highest BCUT2D eigenvalue weighted by molar-refractivity contribution is 5.28. The van der Waals surface area contributed by atoms with Crippen molar-refractivity contribution in [3.05, 3.63) is 29.8 Å². The fourth-order valence-electron chi connectivity index (χ4n) is 3.74. The number of morpholine rings is 1. The second-order valence-electron chi connectivity index (χ2n) is 6.77. The Morgan fingerprint density at radius 2 is 2.16 bits per heavy atom. The zero-order valence-electron chi connectivity index (χ0n) is 14.1. The smallest absolute Gasteiger partial charge is 0.422 e. The Kier molecular flexibility index (Phi) is 6.19. The van der Waals surface area contributed by atoms with Crippen LogP contribution in [-0.4, -0.2) is 44.6 Å². The lowest BCUT2D eigenvalue weighted by molar-refractivity contribution is -0.153. The van der Waals surface area contributed by atoms with Gasteiger partial charge in [-0.25, -0.2) is 0 Å². The van der Waals surface area contributed by atoms with Crippen molar-refractivity contribution < 1.29 is 22.6 Å². The highest BCUT2D eigenvalue weighted by Gasteiger charge is 2.34. The molecule has 1 aliphatic carbocycles. The highest BCUT2D eigenvalue weighted by Crippen LogP contribution is 2.30. The molecule has 7 heteroatoms. The molecule has 0 bridgehead atoms. The van der Waals surface area contributed by atoms with Crippen molar-refractivity contribution in [3.63, 3.8) is 0 Å². The summed E-state index contributed by atoms with van der Waals surface area (Å²) in [4.78, 5) is 0. The summed E-state index contributed by atoms with van der Waals surface area (Å²) < 4.78 is 47.2. The summed E-state index contributed by atoms with van der Waals surface area (Å²) in [6.07, 6.45) is -0.837. The SMILES string of the molecule is FC(F)(F)COc1cccc(CNC2CCCC2C2COCCN2)c1. The van der Waals surface area contributed by atoms with Crippen molar-refractivity contribution in [2.24, 2.45) is 5.92 Å². The third kappa shape index (κ3) is 5.59. The van der Waals surface area contributed by atoms with E-state index >= 15 is 0 Å². The first-order valence-electron chi connectivity index (χ1n) is 8.84. The number of hydrogen-bond acceptors (Lipinski definition) is 4. The number of halogens is 3. The van der Waals surface area contributed by atoms with Crippen LogP contribution in [0, 0.1) is 5.92 Å². The van der Waals surface area contributed by atoms with Gasteiger partial charge in [-0.1, -0.05) is 18.6 Å². The Hall–Kier alpha value is -1.31. The summed E-state index contributed by atoms with van der Waals surface area (Å²) in [6.45, 7) is 1.78. The molecule has 0 radical (unpaired) electrons. The summed E-state index contributed by atoms with van der Waals surface area (Å²) >= 11 is 0. The third-order valence-corrected chi connectivity index (χ3v) is 4.91. The number of hydrogen-bond donors (Lipinski definition) is 2. The van der Waals surface area contributed by atoms with Crippen LogP contribution in [0.3, 0.4) is 0 Å². The molecule has 1 aromatic rings. The Labute approximate surface area is 146 Å². The van der Waals surface area contributed by atoms with Gasteiger partial charge in [-0.3, -0.25) is 0 Å². The van der Waals surface area contributed by atoms with E-state index in [4.69, 9.17) is 9.47 Å². The third-order valence-electron chi connectivity index (χ3n) is 4.91. The lowest BCUT2D eigenvalue weighted by atomic mass is 9.94. The standard InChI is InChI=1S/C18H25F3N2O2/c19-18(20,21)12-25-14-4-1-3-13(9-14)10-23-16-6-2-5-15(16)17-11-24-8-7-22-17/h1,3-4,9,15-17,22-23H,2,5-8,10-12H2. The van der Waals surface area contributed by atoms with Gasteiger partial charge in [-0.05, 0) is 36.5 Å². The molecule has 25 heavy (non-hydrogen) atoms. The lowest BCUT2D eigenvalue weighted by Gasteiger charge is -2.33. The zero-order chi connectivity index (χ0) is 17.7. The van der Waals surface area contributed by atoms with E-state index in [2.05, 4.69) is 10.6 Å². The molecule has 2 N–H and O–H groups in total.